The number of amides is 1. The van der Waals surface area contributed by atoms with E-state index in [0.29, 0.717) is 18.4 Å². The Morgan fingerprint density at radius 3 is 2.45 bits per heavy atom. The molecule has 0 fully saturated rings. The minimum Gasteiger partial charge on any atom is -0.467 e. The average Bonchev–Trinajstić information content (AvgIpc) is 2.52. The molecule has 1 aromatic carbocycles. The van der Waals surface area contributed by atoms with Gasteiger partial charge in [-0.1, -0.05) is 29.3 Å². The van der Waals surface area contributed by atoms with Gasteiger partial charge in [0.15, 0.2) is 5.54 Å². The van der Waals surface area contributed by atoms with Gasteiger partial charge in [-0.15, -0.1) is 11.6 Å². The number of ether oxygens (including phenoxy) is 1. The fourth-order valence-corrected chi connectivity index (χ4v) is 3.17. The Hall–Kier alpha value is -1.81. The Balaban J connectivity index is 2.35. The lowest BCUT2D eigenvalue weighted by Crippen LogP contribution is -2.62. The van der Waals surface area contributed by atoms with Crippen LogP contribution in [-0.2, 0) is 9.53 Å². The Morgan fingerprint density at radius 1 is 1.23 bits per heavy atom. The van der Waals surface area contributed by atoms with Crippen molar-refractivity contribution in [3.05, 3.63) is 47.0 Å². The first kappa shape index (κ1) is 16.6. The largest absolute Gasteiger partial charge is 0.467 e. The van der Waals surface area contributed by atoms with Gasteiger partial charge >= 0.3 is 5.97 Å². The number of halogens is 1. The van der Waals surface area contributed by atoms with E-state index in [4.69, 9.17) is 16.3 Å². The molecule has 0 radical (unpaired) electrons. The molecule has 0 saturated heterocycles. The molecule has 2 rings (SSSR count). The lowest BCUT2D eigenvalue weighted by atomic mass is 9.78. The number of esters is 1. The van der Waals surface area contributed by atoms with Crippen LogP contribution in [0.3, 0.4) is 0 Å². The van der Waals surface area contributed by atoms with Crippen LogP contribution in [0.2, 0.25) is 0 Å². The van der Waals surface area contributed by atoms with Crippen molar-refractivity contribution in [3.8, 4) is 0 Å². The summed E-state index contributed by atoms with van der Waals surface area (Å²) in [5.74, 6) is -0.840. The number of benzene rings is 1. The second kappa shape index (κ2) is 6.53. The van der Waals surface area contributed by atoms with E-state index in [-0.39, 0.29) is 5.91 Å². The summed E-state index contributed by atoms with van der Waals surface area (Å²) in [6.07, 6.45) is 0.899. The van der Waals surface area contributed by atoms with E-state index in [1.54, 1.807) is 24.3 Å². The number of carbonyl (C=O) groups is 2. The third-order valence-corrected chi connectivity index (χ3v) is 4.74. The molecule has 0 aliphatic heterocycles. The van der Waals surface area contributed by atoms with E-state index in [1.165, 1.54) is 7.11 Å². The number of hydrogen-bond donors (Lipinski definition) is 1. The van der Waals surface area contributed by atoms with Gasteiger partial charge in [0.2, 0.25) is 0 Å². The summed E-state index contributed by atoms with van der Waals surface area (Å²) < 4.78 is 4.92. The fourth-order valence-electron chi connectivity index (χ4n) is 2.72. The Bertz CT molecular complexity index is 612. The molecule has 1 aliphatic carbocycles. The minimum absolute atomic E-state index is 0.330. The maximum atomic E-state index is 12.5. The van der Waals surface area contributed by atoms with Crippen LogP contribution in [0.5, 0.6) is 0 Å². The van der Waals surface area contributed by atoms with Crippen LogP contribution in [0.4, 0.5) is 0 Å². The molecule has 5 heteroatoms. The summed E-state index contributed by atoms with van der Waals surface area (Å²) in [5, 5.41) is 2.28. The second-order valence-electron chi connectivity index (χ2n) is 5.69. The Labute approximate surface area is 135 Å². The van der Waals surface area contributed by atoms with Crippen molar-refractivity contribution in [2.45, 2.75) is 37.6 Å². The maximum Gasteiger partial charge on any atom is 0.333 e. The molecule has 0 bridgehead atoms. The number of methoxy groups -OCH3 is 1. The lowest BCUT2D eigenvalue weighted by Gasteiger charge is -2.40. The standard InChI is InChI=1S/C17H20ClNO3/c1-11-9-14(18)17(10-12(11)2,16(21)22-3)19-15(20)13-7-5-4-6-8-13/h4-8,14H,9-10H2,1-3H3,(H,19,20)/t14-,17+/m1/s1. The number of hydrogen-bond acceptors (Lipinski definition) is 3. The van der Waals surface area contributed by atoms with Crippen LogP contribution in [0.15, 0.2) is 41.5 Å². The van der Waals surface area contributed by atoms with Crippen LogP contribution in [-0.4, -0.2) is 29.9 Å². The van der Waals surface area contributed by atoms with Crippen LogP contribution >= 0.6 is 11.6 Å². The highest BCUT2D eigenvalue weighted by Crippen LogP contribution is 2.37. The van der Waals surface area contributed by atoms with E-state index < -0.39 is 16.9 Å². The van der Waals surface area contributed by atoms with Crippen molar-refractivity contribution in [3.63, 3.8) is 0 Å². The van der Waals surface area contributed by atoms with Crippen molar-refractivity contribution in [1.29, 1.82) is 0 Å². The summed E-state index contributed by atoms with van der Waals surface area (Å²) in [6.45, 7) is 3.94. The zero-order valence-corrected chi connectivity index (χ0v) is 13.7. The second-order valence-corrected chi connectivity index (χ2v) is 6.22. The van der Waals surface area contributed by atoms with Gasteiger partial charge < -0.3 is 10.1 Å². The van der Waals surface area contributed by atoms with Gasteiger partial charge in [0.25, 0.3) is 5.91 Å². The normalized spacial score (nSPS) is 24.8. The molecule has 0 heterocycles. The van der Waals surface area contributed by atoms with E-state index in [1.807, 2.05) is 19.9 Å². The number of carbonyl (C=O) groups excluding carboxylic acids is 2. The number of nitrogens with one attached hydrogen (secondary N) is 1. The predicted molar refractivity (Wildman–Crippen MR) is 85.9 cm³/mol. The summed E-state index contributed by atoms with van der Waals surface area (Å²) in [5.41, 5.74) is 1.45. The average molecular weight is 322 g/mol. The Morgan fingerprint density at radius 2 is 1.86 bits per heavy atom. The smallest absolute Gasteiger partial charge is 0.333 e. The summed E-state index contributed by atoms with van der Waals surface area (Å²) in [6, 6.07) is 8.76. The molecule has 1 N–H and O–H groups in total. The molecular weight excluding hydrogens is 302 g/mol. The fraction of sp³-hybridized carbons (Fsp3) is 0.412. The van der Waals surface area contributed by atoms with E-state index >= 15 is 0 Å². The zero-order chi connectivity index (χ0) is 16.3. The van der Waals surface area contributed by atoms with Gasteiger partial charge in [-0.05, 0) is 32.4 Å². The quantitative estimate of drug-likeness (QED) is 0.529. The molecule has 118 valence electrons. The third kappa shape index (κ3) is 3.02. The molecule has 1 aliphatic rings. The molecule has 2 atom stereocenters. The summed E-state index contributed by atoms with van der Waals surface area (Å²) >= 11 is 6.46. The molecular formula is C17H20ClNO3. The third-order valence-electron chi connectivity index (χ3n) is 4.21. The number of rotatable bonds is 3. The highest BCUT2D eigenvalue weighted by molar-refractivity contribution is 6.24. The molecule has 0 aromatic heterocycles. The molecule has 0 unspecified atom stereocenters. The molecule has 22 heavy (non-hydrogen) atoms. The first-order chi connectivity index (χ1) is 10.4. The maximum absolute atomic E-state index is 12.5. The van der Waals surface area contributed by atoms with Crippen LogP contribution in [0, 0.1) is 0 Å². The summed E-state index contributed by atoms with van der Waals surface area (Å²) in [7, 11) is 1.31. The topological polar surface area (TPSA) is 55.4 Å². The van der Waals surface area contributed by atoms with Gasteiger partial charge in [-0.2, -0.15) is 0 Å². The van der Waals surface area contributed by atoms with Crippen molar-refractivity contribution >= 4 is 23.5 Å². The van der Waals surface area contributed by atoms with E-state index in [0.717, 1.165) is 11.1 Å². The molecule has 0 spiro atoms. The van der Waals surface area contributed by atoms with Crippen LogP contribution in [0.1, 0.15) is 37.0 Å². The van der Waals surface area contributed by atoms with Crippen LogP contribution in [0.25, 0.3) is 0 Å². The number of allylic oxidation sites excluding steroid dienone is 1. The van der Waals surface area contributed by atoms with E-state index in [9.17, 15) is 9.59 Å². The molecule has 4 nitrogen and oxygen atoms in total. The molecule has 0 saturated carbocycles. The first-order valence-electron chi connectivity index (χ1n) is 7.16. The Kier molecular flexibility index (Phi) is 4.91. The SMILES string of the molecule is COC(=O)[C@]1(NC(=O)c2ccccc2)CC(C)=C(C)C[C@H]1Cl. The van der Waals surface area contributed by atoms with Crippen molar-refractivity contribution in [2.24, 2.45) is 0 Å². The zero-order valence-electron chi connectivity index (χ0n) is 13.0. The van der Waals surface area contributed by atoms with Gasteiger partial charge in [-0.3, -0.25) is 4.79 Å². The molecule has 1 amide bonds. The van der Waals surface area contributed by atoms with Crippen molar-refractivity contribution in [2.75, 3.05) is 7.11 Å². The summed E-state index contributed by atoms with van der Waals surface area (Å²) in [4.78, 5) is 24.9. The van der Waals surface area contributed by atoms with Crippen LogP contribution < -0.4 is 5.32 Å². The van der Waals surface area contributed by atoms with Gasteiger partial charge in [-0.25, -0.2) is 4.79 Å². The predicted octanol–water partition coefficient (Wildman–Crippen LogP) is 3.07. The van der Waals surface area contributed by atoms with Crippen molar-refractivity contribution < 1.29 is 14.3 Å². The minimum atomic E-state index is -1.23. The molecule has 1 aromatic rings. The lowest BCUT2D eigenvalue weighted by molar-refractivity contribution is -0.148. The number of alkyl halides is 1. The first-order valence-corrected chi connectivity index (χ1v) is 7.59. The van der Waals surface area contributed by atoms with Gasteiger partial charge in [0, 0.05) is 12.0 Å². The van der Waals surface area contributed by atoms with Gasteiger partial charge in [0.1, 0.15) is 0 Å². The monoisotopic (exact) mass is 321 g/mol. The highest BCUT2D eigenvalue weighted by Gasteiger charge is 2.49. The van der Waals surface area contributed by atoms with Gasteiger partial charge in [0.05, 0.1) is 12.5 Å². The van der Waals surface area contributed by atoms with Crippen molar-refractivity contribution in [1.82, 2.24) is 5.32 Å². The highest BCUT2D eigenvalue weighted by atomic mass is 35.5. The van der Waals surface area contributed by atoms with E-state index in [2.05, 4.69) is 5.32 Å².